The van der Waals surface area contributed by atoms with Gasteiger partial charge in [-0.3, -0.25) is 0 Å². The quantitative estimate of drug-likeness (QED) is 0.705. The maximum Gasteiger partial charge on any atom is 0.344 e. The predicted molar refractivity (Wildman–Crippen MR) is 122 cm³/mol. The molecule has 162 valence electrons. The molecule has 4 nitrogen and oxygen atoms in total. The van der Waals surface area contributed by atoms with Crippen LogP contribution in [0.2, 0.25) is 0 Å². The van der Waals surface area contributed by atoms with Crippen molar-refractivity contribution in [2.45, 2.75) is 55.0 Å². The normalized spacial score (nSPS) is 32.0. The highest BCUT2D eigenvalue weighted by molar-refractivity contribution is 8.04. The van der Waals surface area contributed by atoms with Crippen molar-refractivity contribution < 1.29 is 19.7 Å². The maximum absolute atomic E-state index is 12.5. The van der Waals surface area contributed by atoms with Crippen LogP contribution in [0, 0.1) is 5.92 Å². The van der Waals surface area contributed by atoms with Crippen molar-refractivity contribution >= 4 is 17.7 Å². The summed E-state index contributed by atoms with van der Waals surface area (Å²) in [5.74, 6) is -0.804. The monoisotopic (exact) mass is 436 g/mol. The molecular formula is C26H28O4S. The third-order valence-corrected chi connectivity index (χ3v) is 8.79. The van der Waals surface area contributed by atoms with Crippen molar-refractivity contribution in [1.29, 1.82) is 0 Å². The van der Waals surface area contributed by atoms with E-state index >= 15 is 0 Å². The van der Waals surface area contributed by atoms with Crippen molar-refractivity contribution in [2.24, 2.45) is 5.92 Å². The highest BCUT2D eigenvalue weighted by Gasteiger charge is 2.56. The SMILES string of the molecule is COC(=O)C1=C[C@H]([C@@]2(O)CCCc3ccccc32)[C@@H]([C@@]2(O)CCCc3ccccc32)S1. The summed E-state index contributed by atoms with van der Waals surface area (Å²) >= 11 is 1.36. The largest absolute Gasteiger partial charge is 0.465 e. The average molecular weight is 437 g/mol. The summed E-state index contributed by atoms with van der Waals surface area (Å²) in [7, 11) is 1.38. The van der Waals surface area contributed by atoms with Crippen LogP contribution in [0.15, 0.2) is 59.5 Å². The highest BCUT2D eigenvalue weighted by Crippen LogP contribution is 2.57. The van der Waals surface area contributed by atoms with Gasteiger partial charge in [-0.2, -0.15) is 0 Å². The third-order valence-electron chi connectivity index (χ3n) is 7.30. The Bertz CT molecular complexity index is 1050. The first-order chi connectivity index (χ1) is 15.0. The van der Waals surface area contributed by atoms with E-state index in [0.29, 0.717) is 17.7 Å². The van der Waals surface area contributed by atoms with Crippen LogP contribution in [0.3, 0.4) is 0 Å². The second-order valence-corrected chi connectivity index (χ2v) is 10.1. The van der Waals surface area contributed by atoms with Crippen molar-refractivity contribution in [3.63, 3.8) is 0 Å². The number of hydrogen-bond acceptors (Lipinski definition) is 5. The fourth-order valence-corrected chi connectivity index (χ4v) is 7.40. The molecule has 1 aliphatic heterocycles. The van der Waals surface area contributed by atoms with Crippen LogP contribution in [-0.2, 0) is 33.6 Å². The molecule has 2 aliphatic carbocycles. The number of aliphatic hydroxyl groups is 2. The molecule has 2 aromatic carbocycles. The number of carbonyl (C=O) groups is 1. The van der Waals surface area contributed by atoms with E-state index in [1.807, 2.05) is 42.5 Å². The summed E-state index contributed by atoms with van der Waals surface area (Å²) in [5, 5.41) is 23.9. The number of hydrogen-bond donors (Lipinski definition) is 2. The Morgan fingerprint density at radius 3 is 2.10 bits per heavy atom. The lowest BCUT2D eigenvalue weighted by Gasteiger charge is -2.47. The predicted octanol–water partition coefficient (Wildman–Crippen LogP) is 4.22. The molecule has 2 aromatic rings. The van der Waals surface area contributed by atoms with E-state index in [1.165, 1.54) is 18.9 Å². The lowest BCUT2D eigenvalue weighted by Crippen LogP contribution is -2.50. The van der Waals surface area contributed by atoms with E-state index in [1.54, 1.807) is 0 Å². The van der Waals surface area contributed by atoms with Gasteiger partial charge in [-0.25, -0.2) is 4.79 Å². The molecule has 0 saturated carbocycles. The smallest absolute Gasteiger partial charge is 0.344 e. The van der Waals surface area contributed by atoms with Crippen LogP contribution in [-0.4, -0.2) is 28.5 Å². The zero-order valence-corrected chi connectivity index (χ0v) is 18.5. The Labute approximate surface area is 187 Å². The van der Waals surface area contributed by atoms with Gasteiger partial charge in [0.2, 0.25) is 0 Å². The van der Waals surface area contributed by atoms with E-state index in [9.17, 15) is 15.0 Å². The van der Waals surface area contributed by atoms with Crippen LogP contribution in [0.5, 0.6) is 0 Å². The molecule has 0 radical (unpaired) electrons. The first-order valence-corrected chi connectivity index (χ1v) is 11.9. The number of fused-ring (bicyclic) bond motifs is 2. The zero-order chi connectivity index (χ0) is 21.6. The van der Waals surface area contributed by atoms with E-state index in [-0.39, 0.29) is 5.25 Å². The zero-order valence-electron chi connectivity index (χ0n) is 17.7. The third kappa shape index (κ3) is 3.25. The number of thioether (sulfide) groups is 1. The molecule has 0 amide bonds. The fraction of sp³-hybridized carbons (Fsp3) is 0.423. The number of benzene rings is 2. The number of ether oxygens (including phenoxy) is 1. The van der Waals surface area contributed by atoms with Crippen LogP contribution in [0.25, 0.3) is 0 Å². The lowest BCUT2D eigenvalue weighted by atomic mass is 9.65. The molecule has 0 unspecified atom stereocenters. The van der Waals surface area contributed by atoms with E-state index in [0.717, 1.165) is 47.9 Å². The summed E-state index contributed by atoms with van der Waals surface area (Å²) < 4.78 is 5.02. The molecule has 0 spiro atoms. The van der Waals surface area contributed by atoms with Gasteiger partial charge in [-0.1, -0.05) is 54.6 Å². The maximum atomic E-state index is 12.5. The van der Waals surface area contributed by atoms with Gasteiger partial charge in [-0.15, -0.1) is 11.8 Å². The summed E-state index contributed by atoms with van der Waals surface area (Å²) in [5.41, 5.74) is 1.89. The average Bonchev–Trinajstić information content (AvgIpc) is 3.27. The van der Waals surface area contributed by atoms with Gasteiger partial charge in [-0.05, 0) is 60.8 Å². The molecule has 0 saturated heterocycles. The summed E-state index contributed by atoms with van der Waals surface area (Å²) in [6.07, 6.45) is 6.69. The molecule has 3 aliphatic rings. The number of aryl methyl sites for hydroxylation is 2. The Balaban J connectivity index is 1.64. The minimum Gasteiger partial charge on any atom is -0.465 e. The number of methoxy groups -OCH3 is 1. The first-order valence-electron chi connectivity index (χ1n) is 11.1. The molecule has 5 heteroatoms. The van der Waals surface area contributed by atoms with Crippen molar-refractivity contribution in [1.82, 2.24) is 0 Å². The minimum absolute atomic E-state index is 0.376. The number of rotatable bonds is 3. The molecule has 0 aromatic heterocycles. The molecule has 0 fully saturated rings. The van der Waals surface area contributed by atoms with Gasteiger partial charge in [0.25, 0.3) is 0 Å². The minimum atomic E-state index is -1.13. The summed E-state index contributed by atoms with van der Waals surface area (Å²) in [6, 6.07) is 16.1. The standard InChI is InChI=1S/C26H28O4S/c1-30-24(27)22-16-21(25(28)14-6-10-17-8-2-4-12-19(17)25)23(31-22)26(29)15-7-11-18-9-3-5-13-20(18)26/h2-5,8-9,12-13,16,21,23,28-29H,6-7,10-11,14-15H2,1H3/t21-,23-,25+,26+/m0/s1. The second-order valence-electron chi connectivity index (χ2n) is 8.96. The van der Waals surface area contributed by atoms with Gasteiger partial charge < -0.3 is 14.9 Å². The van der Waals surface area contributed by atoms with Crippen molar-refractivity contribution in [3.05, 3.63) is 81.8 Å². The van der Waals surface area contributed by atoms with Gasteiger partial charge in [0.05, 0.1) is 22.9 Å². The van der Waals surface area contributed by atoms with Crippen LogP contribution < -0.4 is 0 Å². The number of carbonyl (C=O) groups excluding carboxylic acids is 1. The van der Waals surface area contributed by atoms with Crippen LogP contribution in [0.4, 0.5) is 0 Å². The molecule has 1 heterocycles. The Morgan fingerprint density at radius 1 is 0.935 bits per heavy atom. The van der Waals surface area contributed by atoms with Gasteiger partial charge in [0.1, 0.15) is 5.60 Å². The molecular weight excluding hydrogens is 408 g/mol. The molecule has 4 atom stereocenters. The molecule has 31 heavy (non-hydrogen) atoms. The molecule has 0 bridgehead atoms. The van der Waals surface area contributed by atoms with Crippen LogP contribution >= 0.6 is 11.8 Å². The Hall–Kier alpha value is -2.08. The Kier molecular flexibility index (Phi) is 5.24. The molecule has 2 N–H and O–H groups in total. The van der Waals surface area contributed by atoms with Gasteiger partial charge >= 0.3 is 5.97 Å². The lowest BCUT2D eigenvalue weighted by molar-refractivity contribution is -0.135. The summed E-state index contributed by atoms with van der Waals surface area (Å²) in [6.45, 7) is 0. The first kappa shape index (κ1) is 20.8. The second kappa shape index (κ2) is 7.80. The summed E-state index contributed by atoms with van der Waals surface area (Å²) in [4.78, 5) is 13.0. The highest BCUT2D eigenvalue weighted by atomic mass is 32.2. The van der Waals surface area contributed by atoms with Crippen molar-refractivity contribution in [3.8, 4) is 0 Å². The van der Waals surface area contributed by atoms with E-state index in [2.05, 4.69) is 12.1 Å². The van der Waals surface area contributed by atoms with E-state index < -0.39 is 23.1 Å². The Morgan fingerprint density at radius 2 is 1.48 bits per heavy atom. The van der Waals surface area contributed by atoms with Crippen molar-refractivity contribution in [2.75, 3.05) is 7.11 Å². The molecule has 5 rings (SSSR count). The number of esters is 1. The van der Waals surface area contributed by atoms with Gasteiger partial charge in [0.15, 0.2) is 0 Å². The topological polar surface area (TPSA) is 66.8 Å². The van der Waals surface area contributed by atoms with E-state index in [4.69, 9.17) is 4.74 Å². The van der Waals surface area contributed by atoms with Crippen LogP contribution in [0.1, 0.15) is 47.9 Å². The van der Waals surface area contributed by atoms with Gasteiger partial charge in [0, 0.05) is 5.92 Å². The fourth-order valence-electron chi connectivity index (χ4n) is 5.83.